The lowest BCUT2D eigenvalue weighted by molar-refractivity contribution is -0.123. The second kappa shape index (κ2) is 9.11. The molecule has 0 spiro atoms. The highest BCUT2D eigenvalue weighted by Crippen LogP contribution is 2.54. The van der Waals surface area contributed by atoms with Crippen molar-refractivity contribution in [2.45, 2.75) is 36.1 Å². The fourth-order valence-corrected chi connectivity index (χ4v) is 8.39. The molecule has 1 saturated heterocycles. The van der Waals surface area contributed by atoms with Gasteiger partial charge in [0.15, 0.2) is 0 Å². The van der Waals surface area contributed by atoms with Gasteiger partial charge in [0, 0.05) is 21.0 Å². The Morgan fingerprint density at radius 2 is 1.68 bits per heavy atom. The van der Waals surface area contributed by atoms with E-state index in [2.05, 4.69) is 5.32 Å². The van der Waals surface area contributed by atoms with Gasteiger partial charge in [-0.2, -0.15) is 0 Å². The standard InChI is InChI=1S/C28H22ClN3O4S2/c1-28(2)21-22(25(35)32(24(21)34)19-11-8-17(29)9-12-19)37-26-23(28)38-27(36)31(26)14-20(33)30-18-10-7-15-5-3-4-6-16(15)13-18/h3-13,21-22H,14H2,1-2H3,(H,30,33). The van der Waals surface area contributed by atoms with Gasteiger partial charge < -0.3 is 5.32 Å². The van der Waals surface area contributed by atoms with Crippen LogP contribution in [-0.2, 0) is 26.3 Å². The van der Waals surface area contributed by atoms with E-state index in [9.17, 15) is 19.2 Å². The number of nitrogens with zero attached hydrogens (tertiary/aromatic N) is 2. The van der Waals surface area contributed by atoms with E-state index in [1.54, 1.807) is 24.3 Å². The molecule has 1 aromatic heterocycles. The zero-order chi connectivity index (χ0) is 26.8. The first-order valence-corrected chi connectivity index (χ1v) is 14.1. The summed E-state index contributed by atoms with van der Waals surface area (Å²) in [7, 11) is 0. The number of nitrogens with one attached hydrogen (secondary N) is 1. The van der Waals surface area contributed by atoms with Crippen LogP contribution in [0.25, 0.3) is 10.8 Å². The molecule has 38 heavy (non-hydrogen) atoms. The van der Waals surface area contributed by atoms with Crippen molar-refractivity contribution in [2.24, 2.45) is 5.92 Å². The summed E-state index contributed by atoms with van der Waals surface area (Å²) in [5, 5.41) is 5.31. The van der Waals surface area contributed by atoms with E-state index in [4.69, 9.17) is 11.6 Å². The van der Waals surface area contributed by atoms with E-state index in [0.29, 0.717) is 26.3 Å². The van der Waals surface area contributed by atoms with E-state index in [1.807, 2.05) is 56.3 Å². The molecule has 3 aromatic carbocycles. The van der Waals surface area contributed by atoms with Gasteiger partial charge in [-0.1, -0.05) is 78.9 Å². The average molecular weight is 564 g/mol. The number of halogens is 1. The monoisotopic (exact) mass is 563 g/mol. The number of hydrogen-bond donors (Lipinski definition) is 1. The molecule has 2 atom stereocenters. The lowest BCUT2D eigenvalue weighted by Gasteiger charge is -2.36. The SMILES string of the molecule is CC1(C)c2sc(=O)n(CC(=O)Nc3ccc4ccccc4c3)c2SC2C(=O)N(c3ccc(Cl)cc3)C(=O)C21. The third-order valence-electron chi connectivity index (χ3n) is 7.12. The van der Waals surface area contributed by atoms with Crippen molar-refractivity contribution in [2.75, 3.05) is 10.2 Å². The molecule has 192 valence electrons. The number of rotatable bonds is 4. The number of carbonyl (C=O) groups is 3. The summed E-state index contributed by atoms with van der Waals surface area (Å²) in [5.74, 6) is -1.62. The van der Waals surface area contributed by atoms with Gasteiger partial charge in [-0.3, -0.25) is 23.7 Å². The van der Waals surface area contributed by atoms with Crippen LogP contribution >= 0.6 is 34.7 Å². The number of hydrogen-bond acceptors (Lipinski definition) is 6. The largest absolute Gasteiger partial charge is 0.325 e. The van der Waals surface area contributed by atoms with Crippen molar-refractivity contribution in [1.82, 2.24) is 4.57 Å². The molecule has 7 nitrogen and oxygen atoms in total. The second-order valence-corrected chi connectivity index (χ2v) is 12.5. The maximum absolute atomic E-state index is 13.5. The number of imide groups is 1. The van der Waals surface area contributed by atoms with Gasteiger partial charge in [0.05, 0.1) is 16.6 Å². The van der Waals surface area contributed by atoms with E-state index in [0.717, 1.165) is 22.1 Å². The highest BCUT2D eigenvalue weighted by molar-refractivity contribution is 8.00. The van der Waals surface area contributed by atoms with Gasteiger partial charge in [-0.15, -0.1) is 0 Å². The number of thioether (sulfide) groups is 1. The van der Waals surface area contributed by atoms with E-state index in [-0.39, 0.29) is 29.1 Å². The number of benzene rings is 3. The highest BCUT2D eigenvalue weighted by atomic mass is 35.5. The second-order valence-electron chi connectivity index (χ2n) is 9.92. The number of anilines is 2. The number of carbonyl (C=O) groups excluding carboxylic acids is 3. The van der Waals surface area contributed by atoms with Crippen LogP contribution in [0.5, 0.6) is 0 Å². The number of amides is 3. The molecular weight excluding hydrogens is 542 g/mol. The number of thiazole rings is 1. The van der Waals surface area contributed by atoms with Gasteiger partial charge in [-0.05, 0) is 47.2 Å². The van der Waals surface area contributed by atoms with Crippen molar-refractivity contribution in [1.29, 1.82) is 0 Å². The minimum absolute atomic E-state index is 0.193. The van der Waals surface area contributed by atoms with E-state index >= 15 is 0 Å². The van der Waals surface area contributed by atoms with Gasteiger partial charge >= 0.3 is 4.87 Å². The summed E-state index contributed by atoms with van der Waals surface area (Å²) in [6.45, 7) is 3.57. The maximum Gasteiger partial charge on any atom is 0.308 e. The van der Waals surface area contributed by atoms with E-state index in [1.165, 1.54) is 21.2 Å². The quantitative estimate of drug-likeness (QED) is 0.341. The van der Waals surface area contributed by atoms with Crippen molar-refractivity contribution < 1.29 is 14.4 Å². The molecule has 2 aliphatic rings. The molecule has 0 radical (unpaired) electrons. The minimum Gasteiger partial charge on any atom is -0.325 e. The van der Waals surface area contributed by atoms with Crippen molar-refractivity contribution >= 4 is 74.6 Å². The Bertz CT molecular complexity index is 1690. The summed E-state index contributed by atoms with van der Waals surface area (Å²) in [6, 6.07) is 20.1. The first-order chi connectivity index (χ1) is 18.1. The molecule has 0 bridgehead atoms. The minimum atomic E-state index is -0.775. The van der Waals surface area contributed by atoms with Crippen LogP contribution < -0.4 is 15.1 Å². The third kappa shape index (κ3) is 3.97. The molecule has 4 aromatic rings. The Morgan fingerprint density at radius 3 is 2.42 bits per heavy atom. The van der Waals surface area contributed by atoms with E-state index < -0.39 is 16.6 Å². The number of aromatic nitrogens is 1. The average Bonchev–Trinajstić information content (AvgIpc) is 3.33. The molecule has 1 N–H and O–H groups in total. The normalized spacial score (nSPS) is 19.9. The zero-order valence-electron chi connectivity index (χ0n) is 20.4. The molecule has 3 amide bonds. The molecule has 0 saturated carbocycles. The van der Waals surface area contributed by atoms with Crippen LogP contribution in [-0.4, -0.2) is 27.5 Å². The van der Waals surface area contributed by atoms with Crippen LogP contribution in [0.15, 0.2) is 76.6 Å². The predicted molar refractivity (Wildman–Crippen MR) is 151 cm³/mol. The fourth-order valence-electron chi connectivity index (χ4n) is 5.22. The lowest BCUT2D eigenvalue weighted by Crippen LogP contribution is -2.41. The first-order valence-electron chi connectivity index (χ1n) is 12.0. The summed E-state index contributed by atoms with van der Waals surface area (Å²) in [4.78, 5) is 54.7. The predicted octanol–water partition coefficient (Wildman–Crippen LogP) is 5.30. The molecule has 0 aliphatic carbocycles. The summed E-state index contributed by atoms with van der Waals surface area (Å²) in [6.07, 6.45) is 0. The molecule has 2 unspecified atom stereocenters. The molecule has 2 aliphatic heterocycles. The Balaban J connectivity index is 1.29. The molecule has 3 heterocycles. The van der Waals surface area contributed by atoms with Crippen LogP contribution in [0.3, 0.4) is 0 Å². The van der Waals surface area contributed by atoms with Crippen molar-refractivity contribution in [3.05, 3.63) is 86.3 Å². The Hall–Kier alpha value is -3.40. The smallest absolute Gasteiger partial charge is 0.308 e. The molecule has 1 fully saturated rings. The maximum atomic E-state index is 13.5. The van der Waals surface area contributed by atoms with Crippen LogP contribution in [0, 0.1) is 5.92 Å². The summed E-state index contributed by atoms with van der Waals surface area (Å²) in [5.41, 5.74) is 0.322. The molecular formula is C28H22ClN3O4S2. The van der Waals surface area contributed by atoms with Crippen LogP contribution in [0.2, 0.25) is 5.02 Å². The summed E-state index contributed by atoms with van der Waals surface area (Å²) >= 11 is 8.23. The fraction of sp³-hybridized carbons (Fsp3) is 0.214. The first kappa shape index (κ1) is 24.9. The van der Waals surface area contributed by atoms with Gasteiger partial charge in [0.2, 0.25) is 17.7 Å². The Kier molecular flexibility index (Phi) is 5.97. The Labute approximate surface area is 231 Å². The highest BCUT2D eigenvalue weighted by Gasteiger charge is 2.59. The Morgan fingerprint density at radius 1 is 0.974 bits per heavy atom. The number of fused-ring (bicyclic) bond motifs is 3. The van der Waals surface area contributed by atoms with Gasteiger partial charge in [0.1, 0.15) is 11.8 Å². The van der Waals surface area contributed by atoms with Crippen LogP contribution in [0.4, 0.5) is 11.4 Å². The topological polar surface area (TPSA) is 88.5 Å². The lowest BCUT2D eigenvalue weighted by atomic mass is 9.76. The van der Waals surface area contributed by atoms with Crippen molar-refractivity contribution in [3.8, 4) is 0 Å². The molecule has 6 rings (SSSR count). The summed E-state index contributed by atoms with van der Waals surface area (Å²) < 4.78 is 1.42. The third-order valence-corrected chi connectivity index (χ3v) is 10.2. The molecule has 10 heteroatoms. The van der Waals surface area contributed by atoms with Gasteiger partial charge in [-0.25, -0.2) is 4.90 Å². The van der Waals surface area contributed by atoms with Crippen LogP contribution in [0.1, 0.15) is 18.7 Å². The van der Waals surface area contributed by atoms with Gasteiger partial charge in [0.25, 0.3) is 0 Å². The van der Waals surface area contributed by atoms with Crippen molar-refractivity contribution in [3.63, 3.8) is 0 Å². The zero-order valence-corrected chi connectivity index (χ0v) is 22.8.